The molecule has 1 aliphatic rings. The highest BCUT2D eigenvalue weighted by molar-refractivity contribution is 8.00. The molecule has 9 heteroatoms. The summed E-state index contributed by atoms with van der Waals surface area (Å²) in [5.74, 6) is 0.822. The van der Waals surface area contributed by atoms with Gasteiger partial charge < -0.3 is 15.0 Å². The van der Waals surface area contributed by atoms with Crippen LogP contribution in [0.25, 0.3) is 10.3 Å². The van der Waals surface area contributed by atoms with Gasteiger partial charge in [0.2, 0.25) is 5.91 Å². The number of rotatable bonds is 7. The molecule has 0 aliphatic carbocycles. The molecule has 1 amide bonds. The molecule has 1 saturated heterocycles. The molecule has 146 valence electrons. The van der Waals surface area contributed by atoms with Gasteiger partial charge in [0, 0.05) is 13.1 Å². The lowest BCUT2D eigenvalue weighted by molar-refractivity contribution is -0.113. The quantitative estimate of drug-likeness (QED) is 0.464. The Morgan fingerprint density at radius 2 is 2.11 bits per heavy atom. The van der Waals surface area contributed by atoms with Crippen LogP contribution in [-0.4, -0.2) is 46.3 Å². The SMILES string of the molecule is CCOc1ccccc1NC(=O)CSc1ncnc2nc(N3CCCC3)sc12. The van der Waals surface area contributed by atoms with Crippen molar-refractivity contribution in [1.29, 1.82) is 0 Å². The molecule has 3 heterocycles. The Balaban J connectivity index is 1.44. The fourth-order valence-electron chi connectivity index (χ4n) is 3.04. The lowest BCUT2D eigenvalue weighted by atomic mass is 10.3. The molecule has 0 radical (unpaired) electrons. The minimum Gasteiger partial charge on any atom is -0.492 e. The number of amides is 1. The predicted molar refractivity (Wildman–Crippen MR) is 114 cm³/mol. The largest absolute Gasteiger partial charge is 0.492 e. The molecule has 1 N–H and O–H groups in total. The van der Waals surface area contributed by atoms with Gasteiger partial charge in [-0.15, -0.1) is 0 Å². The van der Waals surface area contributed by atoms with Crippen molar-refractivity contribution in [3.05, 3.63) is 30.6 Å². The number of aromatic nitrogens is 3. The number of fused-ring (bicyclic) bond motifs is 1. The number of thiazole rings is 1. The van der Waals surface area contributed by atoms with Crippen molar-refractivity contribution >= 4 is 50.2 Å². The molecule has 1 aliphatic heterocycles. The summed E-state index contributed by atoms with van der Waals surface area (Å²) < 4.78 is 6.50. The monoisotopic (exact) mass is 415 g/mol. The normalized spacial score (nSPS) is 13.8. The summed E-state index contributed by atoms with van der Waals surface area (Å²) in [6.45, 7) is 4.54. The van der Waals surface area contributed by atoms with Crippen molar-refractivity contribution in [1.82, 2.24) is 15.0 Å². The van der Waals surface area contributed by atoms with E-state index in [1.807, 2.05) is 31.2 Å². The molecule has 0 spiro atoms. The third-order valence-corrected chi connectivity index (χ3v) is 6.56. The van der Waals surface area contributed by atoms with Crippen LogP contribution in [0.3, 0.4) is 0 Å². The van der Waals surface area contributed by atoms with Crippen molar-refractivity contribution in [3.63, 3.8) is 0 Å². The summed E-state index contributed by atoms with van der Waals surface area (Å²) in [5, 5.41) is 4.70. The molecule has 2 aromatic heterocycles. The fourth-order valence-corrected chi connectivity index (χ4v) is 4.98. The number of hydrogen-bond donors (Lipinski definition) is 1. The first-order chi connectivity index (χ1) is 13.7. The van der Waals surface area contributed by atoms with E-state index in [1.165, 1.54) is 30.9 Å². The van der Waals surface area contributed by atoms with Crippen LogP contribution in [0.15, 0.2) is 35.6 Å². The average Bonchev–Trinajstić information content (AvgIpc) is 3.37. The highest BCUT2D eigenvalue weighted by Gasteiger charge is 2.19. The molecule has 7 nitrogen and oxygen atoms in total. The zero-order valence-electron chi connectivity index (χ0n) is 15.6. The van der Waals surface area contributed by atoms with Gasteiger partial charge in [0.1, 0.15) is 21.8 Å². The average molecular weight is 416 g/mol. The van der Waals surface area contributed by atoms with Crippen molar-refractivity contribution in [2.24, 2.45) is 0 Å². The number of carbonyl (C=O) groups is 1. The van der Waals surface area contributed by atoms with Crippen LogP contribution in [0.1, 0.15) is 19.8 Å². The second kappa shape index (κ2) is 8.74. The Labute approximate surface area is 171 Å². The van der Waals surface area contributed by atoms with E-state index in [2.05, 4.69) is 25.2 Å². The van der Waals surface area contributed by atoms with Gasteiger partial charge in [0.05, 0.1) is 18.0 Å². The molecule has 4 rings (SSSR count). The van der Waals surface area contributed by atoms with Crippen LogP contribution in [0.2, 0.25) is 0 Å². The zero-order chi connectivity index (χ0) is 19.3. The summed E-state index contributed by atoms with van der Waals surface area (Å²) in [4.78, 5) is 28.0. The van der Waals surface area contributed by atoms with E-state index in [1.54, 1.807) is 11.3 Å². The fraction of sp³-hybridized carbons (Fsp3) is 0.368. The predicted octanol–water partition coefficient (Wildman–Crippen LogP) is 3.82. The minimum atomic E-state index is -0.104. The first-order valence-electron chi connectivity index (χ1n) is 9.25. The third kappa shape index (κ3) is 4.20. The summed E-state index contributed by atoms with van der Waals surface area (Å²) in [6, 6.07) is 7.44. The number of nitrogens with zero attached hydrogens (tertiary/aromatic N) is 4. The second-order valence-corrected chi connectivity index (χ2v) is 8.23. The summed E-state index contributed by atoms with van der Waals surface area (Å²) in [7, 11) is 0. The number of nitrogens with one attached hydrogen (secondary N) is 1. The van der Waals surface area contributed by atoms with Crippen molar-refractivity contribution in [3.8, 4) is 5.75 Å². The molecule has 0 unspecified atom stereocenters. The number of thioether (sulfide) groups is 1. The molecule has 0 bridgehead atoms. The van der Waals surface area contributed by atoms with Gasteiger partial charge in [-0.1, -0.05) is 35.2 Å². The van der Waals surface area contributed by atoms with Gasteiger partial charge in [-0.25, -0.2) is 9.97 Å². The Kier molecular flexibility index (Phi) is 5.92. The zero-order valence-corrected chi connectivity index (χ0v) is 17.2. The van der Waals surface area contributed by atoms with Crippen LogP contribution in [0.4, 0.5) is 10.8 Å². The molecule has 0 atom stereocenters. The highest BCUT2D eigenvalue weighted by Crippen LogP contribution is 2.35. The van der Waals surface area contributed by atoms with E-state index in [0.717, 1.165) is 27.9 Å². The number of benzene rings is 1. The summed E-state index contributed by atoms with van der Waals surface area (Å²) in [5.41, 5.74) is 1.38. The lowest BCUT2D eigenvalue weighted by Gasteiger charge is -2.11. The van der Waals surface area contributed by atoms with Gasteiger partial charge in [0.15, 0.2) is 10.8 Å². The van der Waals surface area contributed by atoms with Gasteiger partial charge in [0.25, 0.3) is 0 Å². The van der Waals surface area contributed by atoms with Gasteiger partial charge in [-0.3, -0.25) is 4.79 Å². The number of anilines is 2. The molecule has 1 fully saturated rings. The first kappa shape index (κ1) is 18.9. The van der Waals surface area contributed by atoms with E-state index in [4.69, 9.17) is 4.74 Å². The van der Waals surface area contributed by atoms with E-state index < -0.39 is 0 Å². The van der Waals surface area contributed by atoms with Crippen molar-refractivity contribution in [2.45, 2.75) is 24.8 Å². The maximum absolute atomic E-state index is 12.4. The second-order valence-electron chi connectivity index (χ2n) is 6.29. The summed E-state index contributed by atoms with van der Waals surface area (Å²) >= 11 is 3.00. The van der Waals surface area contributed by atoms with E-state index in [9.17, 15) is 4.79 Å². The van der Waals surface area contributed by atoms with E-state index in [-0.39, 0.29) is 11.7 Å². The Hall–Kier alpha value is -2.39. The smallest absolute Gasteiger partial charge is 0.234 e. The lowest BCUT2D eigenvalue weighted by Crippen LogP contribution is -2.16. The minimum absolute atomic E-state index is 0.104. The van der Waals surface area contributed by atoms with Crippen LogP contribution >= 0.6 is 23.1 Å². The molecule has 0 saturated carbocycles. The Bertz CT molecular complexity index is 972. The van der Waals surface area contributed by atoms with Crippen LogP contribution < -0.4 is 15.0 Å². The van der Waals surface area contributed by atoms with E-state index >= 15 is 0 Å². The molecule has 28 heavy (non-hydrogen) atoms. The molecular weight excluding hydrogens is 394 g/mol. The van der Waals surface area contributed by atoms with Crippen LogP contribution in [0, 0.1) is 0 Å². The number of carbonyl (C=O) groups excluding carboxylic acids is 1. The number of hydrogen-bond acceptors (Lipinski definition) is 8. The Morgan fingerprint density at radius 1 is 1.29 bits per heavy atom. The number of ether oxygens (including phenoxy) is 1. The molecular formula is C19H21N5O2S2. The van der Waals surface area contributed by atoms with Gasteiger partial charge in [-0.2, -0.15) is 4.98 Å². The number of para-hydroxylation sites is 2. The van der Waals surface area contributed by atoms with Gasteiger partial charge >= 0.3 is 0 Å². The standard InChI is InChI=1S/C19H21N5O2S2/c1-2-26-14-8-4-3-7-13(14)22-15(25)11-27-18-16-17(20-12-21-18)23-19(28-16)24-9-5-6-10-24/h3-4,7-8,12H,2,5-6,9-11H2,1H3,(H,22,25). The van der Waals surface area contributed by atoms with Gasteiger partial charge in [-0.05, 0) is 31.9 Å². The van der Waals surface area contributed by atoms with Crippen LogP contribution in [0.5, 0.6) is 5.75 Å². The Morgan fingerprint density at radius 3 is 2.93 bits per heavy atom. The maximum Gasteiger partial charge on any atom is 0.234 e. The first-order valence-corrected chi connectivity index (χ1v) is 11.1. The molecule has 1 aromatic carbocycles. The topological polar surface area (TPSA) is 80.2 Å². The maximum atomic E-state index is 12.4. The van der Waals surface area contributed by atoms with Crippen molar-refractivity contribution < 1.29 is 9.53 Å². The van der Waals surface area contributed by atoms with Crippen molar-refractivity contribution in [2.75, 3.05) is 35.7 Å². The summed E-state index contributed by atoms with van der Waals surface area (Å²) in [6.07, 6.45) is 3.92. The highest BCUT2D eigenvalue weighted by atomic mass is 32.2. The van der Waals surface area contributed by atoms with E-state index in [0.29, 0.717) is 23.7 Å². The van der Waals surface area contributed by atoms with Crippen LogP contribution in [-0.2, 0) is 4.79 Å². The molecule has 3 aromatic rings. The third-order valence-electron chi connectivity index (χ3n) is 4.32.